The molecule has 0 aliphatic heterocycles. The first-order chi connectivity index (χ1) is 9.69. The van der Waals surface area contributed by atoms with Crippen LogP contribution in [-0.4, -0.2) is 9.97 Å². The van der Waals surface area contributed by atoms with Crippen molar-refractivity contribution in [1.29, 1.82) is 0 Å². The molecule has 0 atom stereocenters. The minimum Gasteiger partial charge on any atom is -0.308 e. The quantitative estimate of drug-likeness (QED) is 0.558. The maximum atomic E-state index is 6.16. The van der Waals surface area contributed by atoms with Gasteiger partial charge in [-0.2, -0.15) is 0 Å². The lowest BCUT2D eigenvalue weighted by atomic mass is 10.1. The van der Waals surface area contributed by atoms with Crippen molar-refractivity contribution in [2.45, 2.75) is 6.92 Å². The second-order valence-corrected chi connectivity index (χ2v) is 4.93. The Bertz CT molecular complexity index is 786. The number of nitrogens with zero attached hydrogens (tertiary/aromatic N) is 2. The van der Waals surface area contributed by atoms with Crippen LogP contribution in [-0.2, 0) is 0 Å². The van der Waals surface area contributed by atoms with E-state index < -0.39 is 0 Å². The lowest BCUT2D eigenvalue weighted by Crippen LogP contribution is -2.10. The van der Waals surface area contributed by atoms with E-state index in [1.807, 2.05) is 49.4 Å². The molecule has 1 heterocycles. The summed E-state index contributed by atoms with van der Waals surface area (Å²) in [6.07, 6.45) is 0. The molecule has 0 saturated heterocycles. The van der Waals surface area contributed by atoms with Gasteiger partial charge in [-0.3, -0.25) is 0 Å². The number of hydrogen-bond donors (Lipinski definition) is 2. The monoisotopic (exact) mass is 284 g/mol. The van der Waals surface area contributed by atoms with Crippen LogP contribution in [0.2, 0.25) is 5.02 Å². The van der Waals surface area contributed by atoms with Gasteiger partial charge in [-0.25, -0.2) is 15.8 Å². The third-order valence-electron chi connectivity index (χ3n) is 3.17. The van der Waals surface area contributed by atoms with E-state index >= 15 is 0 Å². The highest BCUT2D eigenvalue weighted by atomic mass is 35.5. The van der Waals surface area contributed by atoms with Gasteiger partial charge in [-0.15, -0.1) is 0 Å². The number of para-hydroxylation sites is 1. The second kappa shape index (κ2) is 5.07. The molecule has 3 aromatic rings. The normalized spacial score (nSPS) is 10.8. The fourth-order valence-corrected chi connectivity index (χ4v) is 2.23. The molecule has 0 aliphatic carbocycles. The van der Waals surface area contributed by atoms with Crippen molar-refractivity contribution in [2.24, 2.45) is 5.84 Å². The first-order valence-corrected chi connectivity index (χ1v) is 6.57. The summed E-state index contributed by atoms with van der Waals surface area (Å²) in [5.74, 6) is 6.75. The molecule has 0 fully saturated rings. The van der Waals surface area contributed by atoms with Crippen LogP contribution in [0.15, 0.2) is 42.5 Å². The van der Waals surface area contributed by atoms with E-state index in [1.165, 1.54) is 0 Å². The van der Waals surface area contributed by atoms with E-state index in [4.69, 9.17) is 17.4 Å². The van der Waals surface area contributed by atoms with Crippen molar-refractivity contribution in [3.05, 3.63) is 53.1 Å². The molecule has 3 N–H and O–H groups in total. The van der Waals surface area contributed by atoms with Gasteiger partial charge in [0, 0.05) is 16.0 Å². The number of nitrogens with two attached hydrogens (primary N) is 1. The first-order valence-electron chi connectivity index (χ1n) is 6.19. The van der Waals surface area contributed by atoms with Gasteiger partial charge in [-0.1, -0.05) is 35.9 Å². The predicted molar refractivity (Wildman–Crippen MR) is 82.5 cm³/mol. The van der Waals surface area contributed by atoms with Crippen LogP contribution < -0.4 is 11.3 Å². The van der Waals surface area contributed by atoms with Crippen LogP contribution in [0, 0.1) is 6.92 Å². The maximum absolute atomic E-state index is 6.16. The van der Waals surface area contributed by atoms with E-state index in [-0.39, 0.29) is 0 Å². The van der Waals surface area contributed by atoms with Crippen LogP contribution >= 0.6 is 11.6 Å². The van der Waals surface area contributed by atoms with Gasteiger partial charge in [0.25, 0.3) is 0 Å². The van der Waals surface area contributed by atoms with Crippen LogP contribution in [0.1, 0.15) is 5.56 Å². The summed E-state index contributed by atoms with van der Waals surface area (Å²) in [6, 6.07) is 13.5. The number of nitrogens with one attached hydrogen (secondary N) is 1. The van der Waals surface area contributed by atoms with Gasteiger partial charge in [0.05, 0.1) is 5.52 Å². The van der Waals surface area contributed by atoms with Crippen molar-refractivity contribution < 1.29 is 0 Å². The number of rotatable bonds is 2. The maximum Gasteiger partial charge on any atom is 0.162 e. The van der Waals surface area contributed by atoms with Crippen molar-refractivity contribution in [2.75, 3.05) is 5.43 Å². The summed E-state index contributed by atoms with van der Waals surface area (Å²) in [5, 5.41) is 1.58. The molecule has 0 aliphatic rings. The number of nitrogen functional groups attached to an aromatic ring is 1. The minimum atomic E-state index is 0.596. The highest BCUT2D eigenvalue weighted by molar-refractivity contribution is 6.31. The van der Waals surface area contributed by atoms with E-state index in [9.17, 15) is 0 Å². The smallest absolute Gasteiger partial charge is 0.162 e. The van der Waals surface area contributed by atoms with E-state index in [0.29, 0.717) is 16.7 Å². The van der Waals surface area contributed by atoms with Gasteiger partial charge in [0.2, 0.25) is 0 Å². The standard InChI is InChI=1S/C15H13ClN4/c1-9-6-7-10(8-12(9)16)14-18-13-5-3-2-4-11(13)15(19-14)20-17/h2-8H,17H2,1H3,(H,18,19,20). The molecule has 4 nitrogen and oxygen atoms in total. The molecule has 0 spiro atoms. The van der Waals surface area contributed by atoms with Crippen LogP contribution in [0.5, 0.6) is 0 Å². The van der Waals surface area contributed by atoms with Gasteiger partial charge in [0.1, 0.15) is 0 Å². The number of halogens is 1. The molecule has 0 bridgehead atoms. The largest absolute Gasteiger partial charge is 0.308 e. The predicted octanol–water partition coefficient (Wildman–Crippen LogP) is 3.54. The summed E-state index contributed by atoms with van der Waals surface area (Å²) in [4.78, 5) is 9.01. The highest BCUT2D eigenvalue weighted by Gasteiger charge is 2.09. The number of anilines is 1. The number of hydrazine groups is 1. The highest BCUT2D eigenvalue weighted by Crippen LogP contribution is 2.27. The summed E-state index contributed by atoms with van der Waals surface area (Å²) >= 11 is 6.16. The summed E-state index contributed by atoms with van der Waals surface area (Å²) in [5.41, 5.74) is 5.34. The topological polar surface area (TPSA) is 63.8 Å². The Balaban J connectivity index is 2.23. The molecule has 1 aromatic heterocycles. The zero-order valence-corrected chi connectivity index (χ0v) is 11.6. The molecule has 0 saturated carbocycles. The molecule has 0 amide bonds. The van der Waals surface area contributed by atoms with Crippen molar-refractivity contribution >= 4 is 28.3 Å². The number of aromatic nitrogens is 2. The summed E-state index contributed by atoms with van der Waals surface area (Å²) in [6.45, 7) is 1.96. The molecule has 0 unspecified atom stereocenters. The van der Waals surface area contributed by atoms with Crippen molar-refractivity contribution in [3.63, 3.8) is 0 Å². The molecular weight excluding hydrogens is 272 g/mol. The molecule has 0 radical (unpaired) electrons. The Morgan fingerprint density at radius 3 is 2.65 bits per heavy atom. The van der Waals surface area contributed by atoms with Gasteiger partial charge in [-0.05, 0) is 30.7 Å². The van der Waals surface area contributed by atoms with Crippen molar-refractivity contribution in [3.8, 4) is 11.4 Å². The number of fused-ring (bicyclic) bond motifs is 1. The number of aryl methyl sites for hydroxylation is 1. The number of hydrogen-bond acceptors (Lipinski definition) is 4. The Morgan fingerprint density at radius 1 is 1.10 bits per heavy atom. The van der Waals surface area contributed by atoms with Crippen LogP contribution in [0.25, 0.3) is 22.3 Å². The summed E-state index contributed by atoms with van der Waals surface area (Å²) in [7, 11) is 0. The molecule has 100 valence electrons. The van der Waals surface area contributed by atoms with E-state index in [0.717, 1.165) is 22.0 Å². The van der Waals surface area contributed by atoms with Gasteiger partial charge < -0.3 is 5.43 Å². The lowest BCUT2D eigenvalue weighted by molar-refractivity contribution is 1.19. The summed E-state index contributed by atoms with van der Waals surface area (Å²) < 4.78 is 0. The third-order valence-corrected chi connectivity index (χ3v) is 3.58. The Morgan fingerprint density at radius 2 is 1.90 bits per heavy atom. The lowest BCUT2D eigenvalue weighted by Gasteiger charge is -2.08. The Hall–Kier alpha value is -2.17. The zero-order chi connectivity index (χ0) is 14.1. The molecule has 5 heteroatoms. The molecular formula is C15H13ClN4. The van der Waals surface area contributed by atoms with Crippen LogP contribution in [0.3, 0.4) is 0 Å². The zero-order valence-electron chi connectivity index (χ0n) is 10.9. The average Bonchev–Trinajstić information content (AvgIpc) is 2.49. The first kappa shape index (κ1) is 12.8. The van der Waals surface area contributed by atoms with E-state index in [1.54, 1.807) is 0 Å². The van der Waals surface area contributed by atoms with Crippen molar-refractivity contribution in [1.82, 2.24) is 9.97 Å². The Kier molecular flexibility index (Phi) is 3.26. The second-order valence-electron chi connectivity index (χ2n) is 4.52. The third kappa shape index (κ3) is 2.19. The van der Waals surface area contributed by atoms with Gasteiger partial charge >= 0.3 is 0 Å². The SMILES string of the molecule is Cc1ccc(-c2nc(NN)c3ccccc3n2)cc1Cl. The minimum absolute atomic E-state index is 0.596. The molecule has 3 rings (SSSR count). The van der Waals surface area contributed by atoms with Crippen LogP contribution in [0.4, 0.5) is 5.82 Å². The number of benzene rings is 2. The Labute approximate surface area is 121 Å². The fourth-order valence-electron chi connectivity index (χ4n) is 2.05. The fraction of sp³-hybridized carbons (Fsp3) is 0.0667. The molecule has 20 heavy (non-hydrogen) atoms. The van der Waals surface area contributed by atoms with E-state index in [2.05, 4.69) is 15.4 Å². The average molecular weight is 285 g/mol. The molecule has 2 aromatic carbocycles. The van der Waals surface area contributed by atoms with Gasteiger partial charge in [0.15, 0.2) is 11.6 Å².